The van der Waals surface area contributed by atoms with Crippen LogP contribution in [0.25, 0.3) is 0 Å². The molecule has 1 aliphatic heterocycles. The largest absolute Gasteiger partial charge is 0.497 e. The van der Waals surface area contributed by atoms with Crippen LogP contribution in [-0.4, -0.2) is 52.0 Å². The molecule has 166 valence electrons. The average molecular weight is 451 g/mol. The van der Waals surface area contributed by atoms with Crippen LogP contribution < -0.4 is 9.47 Å². The molecule has 3 aromatic rings. The summed E-state index contributed by atoms with van der Waals surface area (Å²) in [6.07, 6.45) is 1.24. The summed E-state index contributed by atoms with van der Waals surface area (Å²) >= 11 is 0. The lowest BCUT2D eigenvalue weighted by Gasteiger charge is -2.46. The highest BCUT2D eigenvalue weighted by atomic mass is 32.2. The molecule has 6 nitrogen and oxygen atoms in total. The van der Waals surface area contributed by atoms with Gasteiger partial charge in [0.05, 0.1) is 26.2 Å². The first-order valence-electron chi connectivity index (χ1n) is 10.2. The zero-order valence-electron chi connectivity index (χ0n) is 18.4. The number of benzene rings is 3. The number of sulfonamides is 1. The van der Waals surface area contributed by atoms with Crippen LogP contribution in [0.5, 0.6) is 11.5 Å². The van der Waals surface area contributed by atoms with E-state index in [1.807, 2.05) is 78.9 Å². The van der Waals surface area contributed by atoms with Crippen LogP contribution in [0.15, 0.2) is 83.9 Å². The first-order chi connectivity index (χ1) is 15.3. The lowest BCUT2D eigenvalue weighted by atomic mass is 9.84. The first-order valence-corrected chi connectivity index (χ1v) is 12.1. The fourth-order valence-electron chi connectivity index (χ4n) is 3.85. The van der Waals surface area contributed by atoms with Crippen molar-refractivity contribution < 1.29 is 17.9 Å². The maximum Gasteiger partial charge on any atom is 0.211 e. The van der Waals surface area contributed by atoms with Crippen molar-refractivity contribution >= 4 is 15.7 Å². The van der Waals surface area contributed by atoms with Crippen molar-refractivity contribution in [3.63, 3.8) is 0 Å². The molecule has 1 saturated heterocycles. The molecule has 3 aromatic carbocycles. The van der Waals surface area contributed by atoms with Crippen molar-refractivity contribution in [2.45, 2.75) is 5.54 Å². The van der Waals surface area contributed by atoms with Gasteiger partial charge in [0, 0.05) is 24.2 Å². The van der Waals surface area contributed by atoms with Crippen LogP contribution in [0.4, 0.5) is 0 Å². The van der Waals surface area contributed by atoms with E-state index in [1.54, 1.807) is 14.2 Å². The van der Waals surface area contributed by atoms with Crippen LogP contribution >= 0.6 is 0 Å². The topological polar surface area (TPSA) is 68.2 Å². The van der Waals surface area contributed by atoms with Crippen LogP contribution in [0.2, 0.25) is 0 Å². The van der Waals surface area contributed by atoms with Gasteiger partial charge >= 0.3 is 0 Å². The van der Waals surface area contributed by atoms with E-state index in [0.29, 0.717) is 13.1 Å². The Morgan fingerprint density at radius 3 is 1.69 bits per heavy atom. The van der Waals surface area contributed by atoms with E-state index in [4.69, 9.17) is 14.5 Å². The minimum absolute atomic E-state index is 0.297. The highest BCUT2D eigenvalue weighted by Crippen LogP contribution is 2.38. The van der Waals surface area contributed by atoms with E-state index >= 15 is 0 Å². The molecule has 0 aliphatic carbocycles. The van der Waals surface area contributed by atoms with Gasteiger partial charge in [0.1, 0.15) is 17.0 Å². The minimum Gasteiger partial charge on any atom is -0.497 e. The third-order valence-electron chi connectivity index (χ3n) is 5.71. The lowest BCUT2D eigenvalue weighted by Crippen LogP contribution is -2.60. The summed E-state index contributed by atoms with van der Waals surface area (Å²) in [4.78, 5) is 5.23. The van der Waals surface area contributed by atoms with Crippen LogP contribution in [0.1, 0.15) is 16.7 Å². The Bertz CT molecular complexity index is 1150. The predicted molar refractivity (Wildman–Crippen MR) is 126 cm³/mol. The molecule has 1 aliphatic rings. The van der Waals surface area contributed by atoms with Crippen molar-refractivity contribution in [2.75, 3.05) is 33.6 Å². The monoisotopic (exact) mass is 450 g/mol. The van der Waals surface area contributed by atoms with E-state index in [1.165, 1.54) is 10.6 Å². The van der Waals surface area contributed by atoms with E-state index < -0.39 is 15.6 Å². The number of ether oxygens (including phenoxy) is 2. The van der Waals surface area contributed by atoms with Crippen molar-refractivity contribution in [1.29, 1.82) is 0 Å². The van der Waals surface area contributed by atoms with Crippen LogP contribution in [0, 0.1) is 0 Å². The van der Waals surface area contributed by atoms with Gasteiger partial charge < -0.3 is 9.47 Å². The Hall–Kier alpha value is -3.16. The fraction of sp³-hybridized carbons (Fsp3) is 0.240. The summed E-state index contributed by atoms with van der Waals surface area (Å²) in [6.45, 7) is 0.595. The third kappa shape index (κ3) is 4.40. The van der Waals surface area contributed by atoms with Gasteiger partial charge in [0.2, 0.25) is 10.0 Å². The summed E-state index contributed by atoms with van der Waals surface area (Å²) in [7, 11) is -0.0353. The molecule has 0 saturated carbocycles. The average Bonchev–Trinajstić information content (AvgIpc) is 2.79. The first kappa shape index (κ1) is 22.0. The maximum atomic E-state index is 12.1. The number of hydrogen-bond acceptors (Lipinski definition) is 5. The highest BCUT2D eigenvalue weighted by molar-refractivity contribution is 7.88. The number of methoxy groups -OCH3 is 2. The number of aliphatic imine (C=N–C) groups is 1. The molecule has 4 rings (SSSR count). The lowest BCUT2D eigenvalue weighted by molar-refractivity contribution is 0.162. The normalized spacial score (nSPS) is 15.5. The number of rotatable bonds is 7. The van der Waals surface area contributed by atoms with E-state index in [9.17, 15) is 8.42 Å². The zero-order valence-corrected chi connectivity index (χ0v) is 19.2. The molecule has 0 amide bonds. The number of nitrogens with zero attached hydrogens (tertiary/aromatic N) is 2. The fourth-order valence-corrected chi connectivity index (χ4v) is 4.74. The van der Waals surface area contributed by atoms with Crippen LogP contribution in [0.3, 0.4) is 0 Å². The molecule has 0 aromatic heterocycles. The molecule has 0 radical (unpaired) electrons. The Balaban J connectivity index is 1.85. The van der Waals surface area contributed by atoms with Crippen molar-refractivity contribution in [1.82, 2.24) is 4.31 Å². The van der Waals surface area contributed by atoms with Crippen LogP contribution in [-0.2, 0) is 15.6 Å². The molecular formula is C25H26N2O4S. The summed E-state index contributed by atoms with van der Waals surface area (Å²) < 4.78 is 36.4. The molecule has 7 heteroatoms. The van der Waals surface area contributed by atoms with Gasteiger partial charge in [0.25, 0.3) is 0 Å². The maximum absolute atomic E-state index is 12.1. The van der Waals surface area contributed by atoms with Crippen molar-refractivity contribution in [3.05, 3.63) is 95.6 Å². The second-order valence-electron chi connectivity index (χ2n) is 7.85. The number of hydrogen-bond donors (Lipinski definition) is 0. The SMILES string of the molecule is COc1ccc(C(=NC2(c3ccccc3)CN(S(C)(=O)=O)C2)c2ccc(OC)cc2)cc1. The van der Waals surface area contributed by atoms with Gasteiger partial charge in [-0.25, -0.2) is 8.42 Å². The molecule has 0 unspecified atom stereocenters. The summed E-state index contributed by atoms with van der Waals surface area (Å²) in [5.41, 5.74) is 2.94. The standard InChI is InChI=1S/C25H26N2O4S/c1-30-22-13-9-19(10-14-22)24(20-11-15-23(31-2)16-12-20)26-25(21-7-5-4-6-8-21)17-27(18-25)32(3,28)29/h4-16H,17-18H2,1-3H3. The minimum atomic E-state index is -3.30. The highest BCUT2D eigenvalue weighted by Gasteiger charge is 2.48. The Morgan fingerprint density at radius 1 is 0.812 bits per heavy atom. The quantitative estimate of drug-likeness (QED) is 0.515. The second-order valence-corrected chi connectivity index (χ2v) is 9.83. The van der Waals surface area contributed by atoms with Crippen molar-refractivity contribution in [3.8, 4) is 11.5 Å². The van der Waals surface area contributed by atoms with Gasteiger partial charge in [-0.15, -0.1) is 0 Å². The molecule has 0 spiro atoms. The van der Waals surface area contributed by atoms with E-state index in [0.717, 1.165) is 33.9 Å². The Labute approximate surface area is 189 Å². The second kappa shape index (κ2) is 8.76. The smallest absolute Gasteiger partial charge is 0.211 e. The van der Waals surface area contributed by atoms with Gasteiger partial charge in [-0.05, 0) is 54.1 Å². The predicted octanol–water partition coefficient (Wildman–Crippen LogP) is 3.71. The Morgan fingerprint density at radius 2 is 1.28 bits per heavy atom. The molecule has 0 atom stereocenters. The molecule has 1 heterocycles. The summed E-state index contributed by atoms with van der Waals surface area (Å²) in [6, 6.07) is 25.3. The molecular weight excluding hydrogens is 424 g/mol. The molecule has 0 N–H and O–H groups in total. The summed E-state index contributed by atoms with van der Waals surface area (Å²) in [5, 5.41) is 0. The third-order valence-corrected chi connectivity index (χ3v) is 6.90. The van der Waals surface area contributed by atoms with Crippen molar-refractivity contribution in [2.24, 2.45) is 4.99 Å². The van der Waals surface area contributed by atoms with Gasteiger partial charge in [-0.3, -0.25) is 4.99 Å². The van der Waals surface area contributed by atoms with E-state index in [-0.39, 0.29) is 0 Å². The van der Waals surface area contributed by atoms with Gasteiger partial charge in [-0.2, -0.15) is 4.31 Å². The Kier molecular flexibility index (Phi) is 6.04. The summed E-state index contributed by atoms with van der Waals surface area (Å²) in [5.74, 6) is 1.51. The zero-order chi connectivity index (χ0) is 22.8. The van der Waals surface area contributed by atoms with E-state index in [2.05, 4.69) is 0 Å². The molecule has 1 fully saturated rings. The van der Waals surface area contributed by atoms with Gasteiger partial charge in [0.15, 0.2) is 0 Å². The molecule has 0 bridgehead atoms. The molecule has 32 heavy (non-hydrogen) atoms. The van der Waals surface area contributed by atoms with Gasteiger partial charge in [-0.1, -0.05) is 30.3 Å².